The number of hydrogen-bond acceptors (Lipinski definition) is 3. The van der Waals surface area contributed by atoms with Crippen LogP contribution in [0, 0.1) is 25.5 Å². The highest BCUT2D eigenvalue weighted by Gasteiger charge is 2.24. The Balaban J connectivity index is 2.07. The van der Waals surface area contributed by atoms with Crippen molar-refractivity contribution in [3.05, 3.63) is 58.7 Å². The number of aromatic nitrogens is 1. The molecule has 0 unspecified atom stereocenters. The summed E-state index contributed by atoms with van der Waals surface area (Å²) in [5, 5.41) is 0.377. The van der Waals surface area contributed by atoms with E-state index in [1.54, 1.807) is 4.90 Å². The monoisotopic (exact) mass is 390 g/mol. The molecule has 3 rings (SSSR count). The lowest BCUT2D eigenvalue weighted by Gasteiger charge is -2.21. The van der Waals surface area contributed by atoms with Crippen LogP contribution in [0.25, 0.3) is 10.2 Å². The molecular weight excluding hydrogens is 368 g/mol. The van der Waals surface area contributed by atoms with E-state index in [0.717, 1.165) is 28.5 Å². The summed E-state index contributed by atoms with van der Waals surface area (Å²) in [6.45, 7) is 4.94. The highest BCUT2D eigenvalue weighted by Crippen LogP contribution is 2.32. The molecule has 0 radical (unpaired) electrons. The topological polar surface area (TPSA) is 37.6 Å². The first-order valence-electron chi connectivity index (χ1n) is 8.70. The number of amides is 1. The van der Waals surface area contributed by atoms with Crippen molar-refractivity contribution in [3.8, 4) is 0 Å². The Morgan fingerprint density at radius 3 is 2.63 bits per heavy atom. The molecule has 1 N–H and O–H groups in total. The van der Waals surface area contributed by atoms with Crippen molar-refractivity contribution in [2.45, 2.75) is 13.8 Å². The van der Waals surface area contributed by atoms with Gasteiger partial charge in [-0.25, -0.2) is 13.8 Å². The number of nitrogens with one attached hydrogen (secondary N) is 1. The lowest BCUT2D eigenvalue weighted by Crippen LogP contribution is -3.06. The number of thiazole rings is 1. The Kier molecular flexibility index (Phi) is 5.53. The quantitative estimate of drug-likeness (QED) is 0.727. The first-order valence-corrected chi connectivity index (χ1v) is 9.51. The predicted molar refractivity (Wildman–Crippen MR) is 105 cm³/mol. The van der Waals surface area contributed by atoms with Crippen molar-refractivity contribution in [1.82, 2.24) is 4.98 Å². The lowest BCUT2D eigenvalue weighted by atomic mass is 10.0. The van der Waals surface area contributed by atoms with Crippen molar-refractivity contribution < 1.29 is 18.5 Å². The molecule has 4 nitrogen and oxygen atoms in total. The van der Waals surface area contributed by atoms with Gasteiger partial charge in [0.15, 0.2) is 10.9 Å². The van der Waals surface area contributed by atoms with Crippen LogP contribution in [-0.4, -0.2) is 38.1 Å². The van der Waals surface area contributed by atoms with Crippen LogP contribution in [0.3, 0.4) is 0 Å². The number of carbonyl (C=O) groups excluding carboxylic acids is 1. The Labute approximate surface area is 161 Å². The van der Waals surface area contributed by atoms with Gasteiger partial charge in [-0.05, 0) is 31.5 Å². The van der Waals surface area contributed by atoms with E-state index in [1.807, 2.05) is 46.1 Å². The van der Waals surface area contributed by atoms with Crippen LogP contribution >= 0.6 is 11.3 Å². The fraction of sp³-hybridized carbons (Fsp3) is 0.300. The zero-order valence-corrected chi connectivity index (χ0v) is 16.6. The number of likely N-dealkylation sites (N-methyl/N-ethyl adjacent to an activating group) is 1. The number of benzene rings is 2. The molecule has 2 aromatic carbocycles. The third-order valence-corrected chi connectivity index (χ3v) is 5.36. The normalized spacial score (nSPS) is 11.4. The summed E-state index contributed by atoms with van der Waals surface area (Å²) in [6.07, 6.45) is 0. The van der Waals surface area contributed by atoms with Crippen molar-refractivity contribution in [3.63, 3.8) is 0 Å². The number of anilines is 1. The maximum absolute atomic E-state index is 14.1. The average molecular weight is 390 g/mol. The predicted octanol–water partition coefficient (Wildman–Crippen LogP) is 2.98. The van der Waals surface area contributed by atoms with Crippen LogP contribution in [0.5, 0.6) is 0 Å². The van der Waals surface area contributed by atoms with E-state index in [4.69, 9.17) is 0 Å². The number of quaternary nitrogens is 1. The summed E-state index contributed by atoms with van der Waals surface area (Å²) in [7, 11) is 3.99. The summed E-state index contributed by atoms with van der Waals surface area (Å²) >= 11 is 1.12. The minimum absolute atomic E-state index is 0.0902. The Bertz CT molecular complexity index is 1000. The molecule has 0 atom stereocenters. The lowest BCUT2D eigenvalue weighted by molar-refractivity contribution is -0.856. The van der Waals surface area contributed by atoms with Crippen LogP contribution in [0.15, 0.2) is 30.3 Å². The molecule has 0 saturated carbocycles. The van der Waals surface area contributed by atoms with Crippen LogP contribution in [0.4, 0.5) is 13.9 Å². The SMILES string of the molecule is Cc1ccc(C)c(C(=O)N(CC[NH+](C)C)c2nc3c(F)cc(F)cc3s2)c1. The van der Waals surface area contributed by atoms with Crippen molar-refractivity contribution in [1.29, 1.82) is 0 Å². The second-order valence-electron chi connectivity index (χ2n) is 6.96. The Morgan fingerprint density at radius 1 is 1.19 bits per heavy atom. The van der Waals surface area contributed by atoms with Crippen LogP contribution in [-0.2, 0) is 0 Å². The fourth-order valence-corrected chi connectivity index (χ4v) is 3.82. The van der Waals surface area contributed by atoms with E-state index in [1.165, 1.54) is 11.0 Å². The third-order valence-electron chi connectivity index (χ3n) is 4.34. The zero-order valence-electron chi connectivity index (χ0n) is 15.8. The molecule has 27 heavy (non-hydrogen) atoms. The first-order chi connectivity index (χ1) is 12.8. The van der Waals surface area contributed by atoms with Crippen LogP contribution in [0.2, 0.25) is 0 Å². The molecule has 0 aliphatic carbocycles. The molecule has 142 valence electrons. The summed E-state index contributed by atoms with van der Waals surface area (Å²) in [5.41, 5.74) is 2.53. The first kappa shape index (κ1) is 19.4. The van der Waals surface area contributed by atoms with Gasteiger partial charge in [-0.3, -0.25) is 9.69 Å². The van der Waals surface area contributed by atoms with Crippen molar-refractivity contribution in [2.24, 2.45) is 0 Å². The molecule has 0 aliphatic heterocycles. The standard InChI is InChI=1S/C20H21F2N3OS/c1-12-5-6-13(2)15(9-12)19(26)25(8-7-24(3)4)20-23-18-16(22)10-14(21)11-17(18)27-20/h5-6,9-11H,7-8H2,1-4H3/p+1. The van der Waals surface area contributed by atoms with Crippen LogP contribution < -0.4 is 9.80 Å². The van der Waals surface area contributed by atoms with Gasteiger partial charge in [0.1, 0.15) is 11.3 Å². The number of halogens is 2. The minimum Gasteiger partial charge on any atom is -0.338 e. The molecule has 0 aliphatic rings. The highest BCUT2D eigenvalue weighted by molar-refractivity contribution is 7.22. The van der Waals surface area contributed by atoms with Gasteiger partial charge < -0.3 is 4.90 Å². The largest absolute Gasteiger partial charge is 0.338 e. The van der Waals surface area contributed by atoms with E-state index >= 15 is 0 Å². The third kappa shape index (κ3) is 4.14. The van der Waals surface area contributed by atoms with Gasteiger partial charge in [0, 0.05) is 11.6 Å². The number of carbonyl (C=O) groups is 1. The smallest absolute Gasteiger partial charge is 0.260 e. The van der Waals surface area contributed by atoms with E-state index in [0.29, 0.717) is 28.5 Å². The van der Waals surface area contributed by atoms with Crippen LogP contribution in [0.1, 0.15) is 21.5 Å². The summed E-state index contributed by atoms with van der Waals surface area (Å²) < 4.78 is 28.0. The number of hydrogen-bond donors (Lipinski definition) is 1. The van der Waals surface area contributed by atoms with E-state index < -0.39 is 11.6 Å². The highest BCUT2D eigenvalue weighted by atomic mass is 32.1. The molecule has 0 saturated heterocycles. The average Bonchev–Trinajstić information content (AvgIpc) is 3.00. The van der Waals surface area contributed by atoms with Gasteiger partial charge in [0.2, 0.25) is 0 Å². The molecule has 1 amide bonds. The molecule has 1 aromatic heterocycles. The molecule has 0 fully saturated rings. The Hall–Kier alpha value is -2.38. The van der Waals surface area contributed by atoms with Gasteiger partial charge >= 0.3 is 0 Å². The molecule has 0 bridgehead atoms. The van der Waals surface area contributed by atoms with Gasteiger partial charge in [-0.2, -0.15) is 0 Å². The van der Waals surface area contributed by atoms with Gasteiger partial charge in [-0.1, -0.05) is 29.0 Å². The minimum atomic E-state index is -0.718. The molecule has 7 heteroatoms. The van der Waals surface area contributed by atoms with E-state index in [9.17, 15) is 13.6 Å². The number of fused-ring (bicyclic) bond motifs is 1. The zero-order chi connectivity index (χ0) is 19.7. The maximum Gasteiger partial charge on any atom is 0.260 e. The van der Waals surface area contributed by atoms with E-state index in [2.05, 4.69) is 4.98 Å². The maximum atomic E-state index is 14.1. The summed E-state index contributed by atoms with van der Waals surface area (Å²) in [6, 6.07) is 7.77. The summed E-state index contributed by atoms with van der Waals surface area (Å²) in [5.74, 6) is -1.55. The number of aryl methyl sites for hydroxylation is 2. The second kappa shape index (κ2) is 7.70. The molecule has 3 aromatic rings. The van der Waals surface area contributed by atoms with Gasteiger partial charge in [0.05, 0.1) is 31.9 Å². The fourth-order valence-electron chi connectivity index (χ4n) is 2.79. The van der Waals surface area contributed by atoms with E-state index in [-0.39, 0.29) is 11.4 Å². The molecule has 0 spiro atoms. The molecular formula is C20H22F2N3OS+. The van der Waals surface area contributed by atoms with Crippen molar-refractivity contribution >= 4 is 32.6 Å². The molecule has 1 heterocycles. The van der Waals surface area contributed by atoms with Gasteiger partial charge in [0.25, 0.3) is 5.91 Å². The number of nitrogens with zero attached hydrogens (tertiary/aromatic N) is 2. The van der Waals surface area contributed by atoms with Gasteiger partial charge in [-0.15, -0.1) is 0 Å². The van der Waals surface area contributed by atoms with Crippen molar-refractivity contribution in [2.75, 3.05) is 32.1 Å². The Morgan fingerprint density at radius 2 is 1.93 bits per heavy atom. The second-order valence-corrected chi connectivity index (χ2v) is 7.97. The number of rotatable bonds is 5. The summed E-state index contributed by atoms with van der Waals surface area (Å²) in [4.78, 5) is 20.3.